The Morgan fingerprint density at radius 2 is 2.42 bits per heavy atom. The topological polar surface area (TPSA) is 87.0 Å². The van der Waals surface area contributed by atoms with Crippen LogP contribution in [0.2, 0.25) is 0 Å². The van der Waals surface area contributed by atoms with E-state index >= 15 is 0 Å². The minimum absolute atomic E-state index is 0.0583. The van der Waals surface area contributed by atoms with Gasteiger partial charge in [-0.05, 0) is 33.3 Å². The average molecular weight is 265 g/mol. The van der Waals surface area contributed by atoms with E-state index in [0.29, 0.717) is 13.0 Å². The summed E-state index contributed by atoms with van der Waals surface area (Å²) in [6, 6.07) is 2.07. The van der Waals surface area contributed by atoms with Crippen molar-refractivity contribution >= 4 is 5.91 Å². The van der Waals surface area contributed by atoms with Crippen LogP contribution < -0.4 is 11.1 Å². The highest BCUT2D eigenvalue weighted by Gasteiger charge is 2.35. The molecule has 1 aliphatic heterocycles. The molecule has 1 aromatic heterocycles. The third kappa shape index (κ3) is 3.54. The molecule has 0 aliphatic carbocycles. The molecule has 2 rings (SSSR count). The summed E-state index contributed by atoms with van der Waals surface area (Å²) in [5.41, 5.74) is 7.98. The molecule has 1 saturated heterocycles. The lowest BCUT2D eigenvalue weighted by molar-refractivity contribution is -0.126. The van der Waals surface area contributed by atoms with Gasteiger partial charge >= 0.3 is 0 Å². The van der Waals surface area contributed by atoms with Gasteiger partial charge in [-0.3, -0.25) is 14.8 Å². The maximum absolute atomic E-state index is 12.2. The Balaban J connectivity index is 2.02. The van der Waals surface area contributed by atoms with Gasteiger partial charge in [0.05, 0.1) is 11.7 Å². The molecule has 2 atom stereocenters. The molecule has 6 heteroatoms. The van der Waals surface area contributed by atoms with Crippen molar-refractivity contribution in [2.75, 3.05) is 6.54 Å². The van der Waals surface area contributed by atoms with Gasteiger partial charge in [0, 0.05) is 30.9 Å². The summed E-state index contributed by atoms with van der Waals surface area (Å²) in [7, 11) is 0. The first-order chi connectivity index (χ1) is 8.95. The van der Waals surface area contributed by atoms with Crippen molar-refractivity contribution in [2.24, 2.45) is 5.73 Å². The van der Waals surface area contributed by atoms with E-state index in [9.17, 15) is 4.79 Å². The van der Waals surface area contributed by atoms with E-state index in [1.165, 1.54) is 0 Å². The monoisotopic (exact) mass is 265 g/mol. The number of rotatable bonds is 4. The highest BCUT2D eigenvalue weighted by molar-refractivity contribution is 5.82. The second-order valence-corrected chi connectivity index (χ2v) is 5.65. The van der Waals surface area contributed by atoms with Gasteiger partial charge in [0.2, 0.25) is 5.91 Å². The summed E-state index contributed by atoms with van der Waals surface area (Å²) >= 11 is 0. The number of carbonyl (C=O) groups is 1. The number of carbonyl (C=O) groups excluding carboxylic acids is 1. The number of likely N-dealkylation sites (tertiary alicyclic amines) is 1. The third-order valence-corrected chi connectivity index (χ3v) is 3.29. The standard InChI is InChI=1S/C13H23N5O/c1-8(2)15-13(19)12-5-10(14)6-18(12)7-11-4-9(3)16-17-11/h4,8,10,12H,5-7,14H2,1-3H3,(H,15,19)(H,16,17)/t10-,12+/m1/s1. The molecule has 1 fully saturated rings. The normalized spacial score (nSPS) is 24.1. The molecule has 0 unspecified atom stereocenters. The van der Waals surface area contributed by atoms with Crippen LogP contribution in [0.5, 0.6) is 0 Å². The molecule has 2 heterocycles. The smallest absolute Gasteiger partial charge is 0.237 e. The van der Waals surface area contributed by atoms with Gasteiger partial charge in [-0.2, -0.15) is 5.10 Å². The Morgan fingerprint density at radius 1 is 1.68 bits per heavy atom. The first kappa shape index (κ1) is 14.0. The molecule has 0 spiro atoms. The highest BCUT2D eigenvalue weighted by atomic mass is 16.2. The molecule has 19 heavy (non-hydrogen) atoms. The number of H-pyrrole nitrogens is 1. The summed E-state index contributed by atoms with van der Waals surface area (Å²) < 4.78 is 0. The zero-order valence-corrected chi connectivity index (χ0v) is 11.8. The van der Waals surface area contributed by atoms with Crippen LogP contribution in [0, 0.1) is 6.92 Å². The molecule has 0 bridgehead atoms. The number of aromatic nitrogens is 2. The Kier molecular flexibility index (Phi) is 4.21. The summed E-state index contributed by atoms with van der Waals surface area (Å²) in [6.07, 6.45) is 0.710. The first-order valence-electron chi connectivity index (χ1n) is 6.76. The lowest BCUT2D eigenvalue weighted by Crippen LogP contribution is -2.45. The quantitative estimate of drug-likeness (QED) is 0.723. The average Bonchev–Trinajstić information content (AvgIpc) is 2.85. The highest BCUT2D eigenvalue weighted by Crippen LogP contribution is 2.19. The van der Waals surface area contributed by atoms with E-state index in [1.807, 2.05) is 26.8 Å². The van der Waals surface area contributed by atoms with Crippen LogP contribution in [0.3, 0.4) is 0 Å². The Bertz CT molecular complexity index is 442. The predicted molar refractivity (Wildman–Crippen MR) is 73.4 cm³/mol. The molecule has 1 aliphatic rings. The maximum Gasteiger partial charge on any atom is 0.237 e. The van der Waals surface area contributed by atoms with Crippen molar-refractivity contribution in [3.8, 4) is 0 Å². The van der Waals surface area contributed by atoms with Crippen LogP contribution >= 0.6 is 0 Å². The maximum atomic E-state index is 12.2. The molecule has 6 nitrogen and oxygen atoms in total. The zero-order valence-electron chi connectivity index (χ0n) is 11.8. The predicted octanol–water partition coefficient (Wildman–Crippen LogP) is 0.144. The molecular weight excluding hydrogens is 242 g/mol. The SMILES string of the molecule is Cc1cc(CN2C[C@H](N)C[C@H]2C(=O)NC(C)C)n[nH]1. The second-order valence-electron chi connectivity index (χ2n) is 5.65. The zero-order chi connectivity index (χ0) is 14.0. The summed E-state index contributed by atoms with van der Waals surface area (Å²) in [6.45, 7) is 7.30. The van der Waals surface area contributed by atoms with Crippen molar-refractivity contribution in [2.45, 2.75) is 51.9 Å². The second kappa shape index (κ2) is 5.71. The van der Waals surface area contributed by atoms with Gasteiger partial charge in [0.15, 0.2) is 0 Å². The van der Waals surface area contributed by atoms with E-state index in [2.05, 4.69) is 20.4 Å². The molecule has 0 aromatic carbocycles. The minimum atomic E-state index is -0.144. The van der Waals surface area contributed by atoms with Crippen molar-refractivity contribution in [1.82, 2.24) is 20.4 Å². The first-order valence-corrected chi connectivity index (χ1v) is 6.76. The van der Waals surface area contributed by atoms with E-state index in [1.54, 1.807) is 0 Å². The van der Waals surface area contributed by atoms with Crippen molar-refractivity contribution < 1.29 is 4.79 Å². The fraction of sp³-hybridized carbons (Fsp3) is 0.692. The molecule has 1 aromatic rings. The largest absolute Gasteiger partial charge is 0.353 e. The van der Waals surface area contributed by atoms with Gasteiger partial charge < -0.3 is 11.1 Å². The fourth-order valence-electron chi connectivity index (χ4n) is 2.53. The van der Waals surface area contributed by atoms with Crippen molar-refractivity contribution in [1.29, 1.82) is 0 Å². The van der Waals surface area contributed by atoms with Gasteiger partial charge in [0.1, 0.15) is 0 Å². The van der Waals surface area contributed by atoms with Crippen LogP contribution in [0.15, 0.2) is 6.07 Å². The number of nitrogens with zero attached hydrogens (tertiary/aromatic N) is 2. The van der Waals surface area contributed by atoms with Crippen LogP contribution in [-0.4, -0.2) is 45.7 Å². The van der Waals surface area contributed by atoms with Crippen molar-refractivity contribution in [3.63, 3.8) is 0 Å². The molecule has 4 N–H and O–H groups in total. The van der Waals surface area contributed by atoms with Gasteiger partial charge in [-0.25, -0.2) is 0 Å². The van der Waals surface area contributed by atoms with Gasteiger partial charge in [-0.1, -0.05) is 0 Å². The molecule has 0 saturated carbocycles. The van der Waals surface area contributed by atoms with E-state index in [-0.39, 0.29) is 24.0 Å². The van der Waals surface area contributed by atoms with Gasteiger partial charge in [0.25, 0.3) is 0 Å². The lowest BCUT2D eigenvalue weighted by Gasteiger charge is -2.23. The van der Waals surface area contributed by atoms with Crippen LogP contribution in [-0.2, 0) is 11.3 Å². The van der Waals surface area contributed by atoms with E-state index in [0.717, 1.165) is 17.9 Å². The van der Waals surface area contributed by atoms with E-state index in [4.69, 9.17) is 5.73 Å². The van der Waals surface area contributed by atoms with Crippen LogP contribution in [0.4, 0.5) is 0 Å². The van der Waals surface area contributed by atoms with E-state index < -0.39 is 0 Å². The summed E-state index contributed by atoms with van der Waals surface area (Å²) in [4.78, 5) is 14.3. The van der Waals surface area contributed by atoms with Crippen LogP contribution in [0.1, 0.15) is 31.7 Å². The number of aromatic amines is 1. The fourth-order valence-corrected chi connectivity index (χ4v) is 2.53. The molecule has 106 valence electrons. The summed E-state index contributed by atoms with van der Waals surface area (Å²) in [5, 5.41) is 10.1. The number of hydrogen-bond acceptors (Lipinski definition) is 4. The number of nitrogens with two attached hydrogens (primary N) is 1. The van der Waals surface area contributed by atoms with Crippen molar-refractivity contribution in [3.05, 3.63) is 17.5 Å². The number of hydrogen-bond donors (Lipinski definition) is 3. The number of aryl methyl sites for hydroxylation is 1. The third-order valence-electron chi connectivity index (χ3n) is 3.29. The number of nitrogens with one attached hydrogen (secondary N) is 2. The lowest BCUT2D eigenvalue weighted by atomic mass is 10.1. The van der Waals surface area contributed by atoms with Gasteiger partial charge in [-0.15, -0.1) is 0 Å². The summed E-state index contributed by atoms with van der Waals surface area (Å²) in [5.74, 6) is 0.0650. The molecular formula is C13H23N5O. The minimum Gasteiger partial charge on any atom is -0.353 e. The molecule has 1 amide bonds. The Morgan fingerprint density at radius 3 is 3.00 bits per heavy atom. The van der Waals surface area contributed by atoms with Crippen LogP contribution in [0.25, 0.3) is 0 Å². The molecule has 0 radical (unpaired) electrons. The number of amides is 1. The Labute approximate surface area is 113 Å². The Hall–Kier alpha value is -1.40.